The summed E-state index contributed by atoms with van der Waals surface area (Å²) in [5.74, 6) is -0.289. The van der Waals surface area contributed by atoms with Crippen molar-refractivity contribution in [1.82, 2.24) is 5.32 Å². The van der Waals surface area contributed by atoms with E-state index < -0.39 is 0 Å². The van der Waals surface area contributed by atoms with E-state index in [0.717, 1.165) is 5.56 Å². The standard InChI is InChI=1S/C9H11ClN2O2S/c1-5(13)12-9-6(3-7(10)15-9)4-8(14)11-2/h3H,4H2,1-2H3,(H,11,14)(H,12,13). The summed E-state index contributed by atoms with van der Waals surface area (Å²) in [6.07, 6.45) is 0.218. The van der Waals surface area contributed by atoms with Crippen molar-refractivity contribution in [3.63, 3.8) is 0 Å². The van der Waals surface area contributed by atoms with E-state index in [1.165, 1.54) is 18.3 Å². The lowest BCUT2D eigenvalue weighted by molar-refractivity contribution is -0.120. The van der Waals surface area contributed by atoms with Gasteiger partial charge in [-0.25, -0.2) is 0 Å². The number of nitrogens with one attached hydrogen (secondary N) is 2. The van der Waals surface area contributed by atoms with Gasteiger partial charge in [-0.05, 0) is 11.6 Å². The van der Waals surface area contributed by atoms with Gasteiger partial charge in [-0.15, -0.1) is 11.3 Å². The minimum absolute atomic E-state index is 0.115. The number of anilines is 1. The maximum Gasteiger partial charge on any atom is 0.224 e. The van der Waals surface area contributed by atoms with Gasteiger partial charge in [0.25, 0.3) is 0 Å². The third-order valence-corrected chi connectivity index (χ3v) is 2.92. The molecule has 0 unspecified atom stereocenters. The van der Waals surface area contributed by atoms with Crippen molar-refractivity contribution in [1.29, 1.82) is 0 Å². The molecule has 0 aliphatic rings. The summed E-state index contributed by atoms with van der Waals surface area (Å²) >= 11 is 7.06. The van der Waals surface area contributed by atoms with Crippen LogP contribution in [0.25, 0.3) is 0 Å². The SMILES string of the molecule is CNC(=O)Cc1cc(Cl)sc1NC(C)=O. The molecule has 0 aliphatic carbocycles. The number of likely N-dealkylation sites (N-methyl/N-ethyl adjacent to an activating group) is 1. The number of amides is 2. The van der Waals surface area contributed by atoms with E-state index in [4.69, 9.17) is 11.6 Å². The number of carbonyl (C=O) groups excluding carboxylic acids is 2. The largest absolute Gasteiger partial charge is 0.359 e. The highest BCUT2D eigenvalue weighted by molar-refractivity contribution is 7.20. The highest BCUT2D eigenvalue weighted by atomic mass is 35.5. The van der Waals surface area contributed by atoms with Crippen LogP contribution in [0, 0.1) is 0 Å². The molecular formula is C9H11ClN2O2S. The Hall–Kier alpha value is -1.07. The highest BCUT2D eigenvalue weighted by Gasteiger charge is 2.12. The topological polar surface area (TPSA) is 58.2 Å². The minimum Gasteiger partial charge on any atom is -0.359 e. The Morgan fingerprint density at radius 1 is 1.53 bits per heavy atom. The Morgan fingerprint density at radius 2 is 2.20 bits per heavy atom. The zero-order valence-corrected chi connectivity index (χ0v) is 9.96. The van der Waals surface area contributed by atoms with Crippen LogP contribution in [0.5, 0.6) is 0 Å². The molecule has 0 spiro atoms. The van der Waals surface area contributed by atoms with Crippen LogP contribution in [0.15, 0.2) is 6.07 Å². The number of halogens is 1. The number of rotatable bonds is 3. The van der Waals surface area contributed by atoms with E-state index in [2.05, 4.69) is 10.6 Å². The van der Waals surface area contributed by atoms with Gasteiger partial charge in [-0.1, -0.05) is 11.6 Å². The molecular weight excluding hydrogens is 236 g/mol. The van der Waals surface area contributed by atoms with E-state index in [-0.39, 0.29) is 18.2 Å². The van der Waals surface area contributed by atoms with Crippen LogP contribution in [0.4, 0.5) is 5.00 Å². The minimum atomic E-state index is -0.174. The van der Waals surface area contributed by atoms with Crippen LogP contribution in [0.3, 0.4) is 0 Å². The average Bonchev–Trinajstić information content (AvgIpc) is 2.45. The lowest BCUT2D eigenvalue weighted by Crippen LogP contribution is -2.20. The molecule has 1 aromatic rings. The molecule has 0 radical (unpaired) electrons. The van der Waals surface area contributed by atoms with Gasteiger partial charge >= 0.3 is 0 Å². The lowest BCUT2D eigenvalue weighted by atomic mass is 10.2. The van der Waals surface area contributed by atoms with Gasteiger partial charge in [0, 0.05) is 14.0 Å². The van der Waals surface area contributed by atoms with Gasteiger partial charge < -0.3 is 10.6 Å². The van der Waals surface area contributed by atoms with Crippen molar-refractivity contribution in [3.8, 4) is 0 Å². The van der Waals surface area contributed by atoms with E-state index in [9.17, 15) is 9.59 Å². The molecule has 82 valence electrons. The molecule has 0 atom stereocenters. The summed E-state index contributed by atoms with van der Waals surface area (Å²) in [6.45, 7) is 1.41. The van der Waals surface area contributed by atoms with Crippen LogP contribution >= 0.6 is 22.9 Å². The molecule has 1 rings (SSSR count). The van der Waals surface area contributed by atoms with Gasteiger partial charge in [0.05, 0.1) is 10.8 Å². The summed E-state index contributed by atoms with van der Waals surface area (Å²) < 4.78 is 0.553. The Morgan fingerprint density at radius 3 is 2.73 bits per heavy atom. The molecule has 4 nitrogen and oxygen atoms in total. The predicted octanol–water partition coefficient (Wildman–Crippen LogP) is 1.65. The summed E-state index contributed by atoms with van der Waals surface area (Å²) in [7, 11) is 1.56. The lowest BCUT2D eigenvalue weighted by Gasteiger charge is -2.02. The Bertz CT molecular complexity index is 389. The Kier molecular flexibility index (Phi) is 4.11. The second kappa shape index (κ2) is 5.14. The third kappa shape index (κ3) is 3.53. The highest BCUT2D eigenvalue weighted by Crippen LogP contribution is 2.31. The number of carbonyl (C=O) groups is 2. The van der Waals surface area contributed by atoms with E-state index in [1.807, 2.05) is 0 Å². The molecule has 0 saturated carbocycles. The van der Waals surface area contributed by atoms with Gasteiger partial charge in [0.2, 0.25) is 11.8 Å². The fourth-order valence-corrected chi connectivity index (χ4v) is 2.27. The molecule has 2 N–H and O–H groups in total. The van der Waals surface area contributed by atoms with Crippen molar-refractivity contribution < 1.29 is 9.59 Å². The molecule has 15 heavy (non-hydrogen) atoms. The average molecular weight is 247 g/mol. The fourth-order valence-electron chi connectivity index (χ4n) is 1.05. The first-order valence-corrected chi connectivity index (χ1v) is 5.48. The van der Waals surface area contributed by atoms with Crippen LogP contribution < -0.4 is 10.6 Å². The number of thiophene rings is 1. The van der Waals surface area contributed by atoms with E-state index in [1.54, 1.807) is 13.1 Å². The van der Waals surface area contributed by atoms with Crippen molar-refractivity contribution in [2.45, 2.75) is 13.3 Å². The summed E-state index contributed by atoms with van der Waals surface area (Å²) in [5, 5.41) is 5.79. The number of hydrogen-bond acceptors (Lipinski definition) is 3. The molecule has 6 heteroatoms. The smallest absolute Gasteiger partial charge is 0.224 e. The molecule has 0 aliphatic heterocycles. The van der Waals surface area contributed by atoms with E-state index in [0.29, 0.717) is 9.34 Å². The van der Waals surface area contributed by atoms with Gasteiger partial charge in [-0.3, -0.25) is 9.59 Å². The summed E-state index contributed by atoms with van der Waals surface area (Å²) in [4.78, 5) is 22.0. The third-order valence-electron chi connectivity index (χ3n) is 1.70. The maximum absolute atomic E-state index is 11.2. The molecule has 1 heterocycles. The van der Waals surface area contributed by atoms with Gasteiger partial charge in [0.1, 0.15) is 5.00 Å². The first kappa shape index (κ1) is 12.0. The van der Waals surface area contributed by atoms with E-state index >= 15 is 0 Å². The van der Waals surface area contributed by atoms with Gasteiger partial charge in [0.15, 0.2) is 0 Å². The Balaban J connectivity index is 2.85. The molecule has 0 saturated heterocycles. The predicted molar refractivity (Wildman–Crippen MR) is 61.4 cm³/mol. The van der Waals surface area contributed by atoms with Crippen LogP contribution in [0.1, 0.15) is 12.5 Å². The zero-order chi connectivity index (χ0) is 11.4. The second-order valence-corrected chi connectivity index (χ2v) is 4.62. The maximum atomic E-state index is 11.2. The van der Waals surface area contributed by atoms with Crippen LogP contribution in [-0.2, 0) is 16.0 Å². The quantitative estimate of drug-likeness (QED) is 0.852. The number of hydrogen-bond donors (Lipinski definition) is 2. The normalized spacial score (nSPS) is 9.80. The summed E-state index contributed by atoms with van der Waals surface area (Å²) in [5.41, 5.74) is 0.736. The van der Waals surface area contributed by atoms with Crippen LogP contribution in [-0.4, -0.2) is 18.9 Å². The van der Waals surface area contributed by atoms with Crippen molar-refractivity contribution in [2.24, 2.45) is 0 Å². The van der Waals surface area contributed by atoms with Gasteiger partial charge in [-0.2, -0.15) is 0 Å². The fraction of sp³-hybridized carbons (Fsp3) is 0.333. The zero-order valence-electron chi connectivity index (χ0n) is 8.39. The first-order valence-electron chi connectivity index (χ1n) is 4.29. The Labute approximate surface area is 96.6 Å². The molecule has 2 amide bonds. The van der Waals surface area contributed by atoms with Crippen molar-refractivity contribution in [2.75, 3.05) is 12.4 Å². The summed E-state index contributed by atoms with van der Waals surface area (Å²) in [6, 6.07) is 1.69. The molecule has 0 fully saturated rings. The second-order valence-electron chi connectivity index (χ2n) is 2.94. The van der Waals surface area contributed by atoms with Crippen molar-refractivity contribution in [3.05, 3.63) is 16.0 Å². The first-order chi connectivity index (χ1) is 7.02. The monoisotopic (exact) mass is 246 g/mol. The molecule has 1 aromatic heterocycles. The van der Waals surface area contributed by atoms with Crippen LogP contribution in [0.2, 0.25) is 4.34 Å². The molecule has 0 bridgehead atoms. The van der Waals surface area contributed by atoms with Crippen molar-refractivity contribution >= 4 is 39.8 Å². The molecule has 0 aromatic carbocycles.